The molecule has 0 fully saturated rings. The number of amides is 1. The Morgan fingerprint density at radius 3 is 2.67 bits per heavy atom. The highest BCUT2D eigenvalue weighted by atomic mass is 127. The van der Waals surface area contributed by atoms with E-state index in [4.69, 9.17) is 4.42 Å². The van der Waals surface area contributed by atoms with Gasteiger partial charge in [0.1, 0.15) is 5.76 Å². The van der Waals surface area contributed by atoms with Crippen molar-refractivity contribution >= 4 is 45.9 Å². The predicted molar refractivity (Wildman–Crippen MR) is 95.2 cm³/mol. The van der Waals surface area contributed by atoms with E-state index in [1.165, 1.54) is 9.75 Å². The van der Waals surface area contributed by atoms with Gasteiger partial charge < -0.3 is 9.32 Å². The average molecular weight is 415 g/mol. The molecule has 112 valence electrons. The molecule has 0 radical (unpaired) electrons. The molecular weight excluding hydrogens is 397 g/mol. The minimum absolute atomic E-state index is 0.00228. The lowest BCUT2D eigenvalue weighted by atomic mass is 10.2. The number of carbonyl (C=O) groups excluding carboxylic acids is 1. The largest absolute Gasteiger partial charge is 0.451 e. The van der Waals surface area contributed by atoms with Crippen molar-refractivity contribution < 1.29 is 9.21 Å². The quantitative estimate of drug-likeness (QED) is 0.524. The van der Waals surface area contributed by atoms with Crippen LogP contribution in [0.15, 0.2) is 34.8 Å². The molecule has 1 amide bonds. The Morgan fingerprint density at radius 2 is 2.14 bits per heavy atom. The van der Waals surface area contributed by atoms with Gasteiger partial charge in [0, 0.05) is 21.9 Å². The summed E-state index contributed by atoms with van der Waals surface area (Å²) in [4.78, 5) is 16.7. The topological polar surface area (TPSA) is 33.5 Å². The van der Waals surface area contributed by atoms with Crippen LogP contribution in [-0.4, -0.2) is 16.8 Å². The monoisotopic (exact) mass is 415 g/mol. The maximum absolute atomic E-state index is 12.4. The third-order valence-corrected chi connectivity index (χ3v) is 4.58. The van der Waals surface area contributed by atoms with Gasteiger partial charge in [-0.15, -0.1) is 11.3 Å². The lowest BCUT2D eigenvalue weighted by Crippen LogP contribution is -2.34. The number of hydrogen-bond donors (Lipinski definition) is 0. The van der Waals surface area contributed by atoms with Crippen molar-refractivity contribution in [1.82, 2.24) is 4.90 Å². The van der Waals surface area contributed by atoms with E-state index in [2.05, 4.69) is 41.6 Å². The van der Waals surface area contributed by atoms with Crippen molar-refractivity contribution in [3.8, 4) is 0 Å². The van der Waals surface area contributed by atoms with Gasteiger partial charge in [-0.05, 0) is 73.7 Å². The number of furan rings is 1. The van der Waals surface area contributed by atoms with Crippen molar-refractivity contribution in [3.63, 3.8) is 0 Å². The maximum atomic E-state index is 12.4. The van der Waals surface area contributed by atoms with Crippen LogP contribution in [0.4, 0.5) is 0 Å². The van der Waals surface area contributed by atoms with Gasteiger partial charge in [-0.1, -0.05) is 0 Å². The van der Waals surface area contributed by atoms with Crippen molar-refractivity contribution in [1.29, 1.82) is 0 Å². The first-order valence-electron chi connectivity index (χ1n) is 6.75. The van der Waals surface area contributed by atoms with Crippen LogP contribution >= 0.6 is 33.9 Å². The molecule has 3 nitrogen and oxygen atoms in total. The lowest BCUT2D eigenvalue weighted by molar-refractivity contribution is -0.128. The SMILES string of the molecule is Cc1ccc(CN(C(=O)/C=C/c2ccc(I)o2)C(C)C)s1. The summed E-state index contributed by atoms with van der Waals surface area (Å²) in [5.74, 6) is 0.700. The number of halogens is 1. The van der Waals surface area contributed by atoms with E-state index in [1.54, 1.807) is 23.5 Å². The Balaban J connectivity index is 2.07. The fourth-order valence-corrected chi connectivity index (χ4v) is 3.24. The molecule has 0 aliphatic rings. The molecule has 0 unspecified atom stereocenters. The highest BCUT2D eigenvalue weighted by Crippen LogP contribution is 2.19. The van der Waals surface area contributed by atoms with Gasteiger partial charge >= 0.3 is 0 Å². The maximum Gasteiger partial charge on any atom is 0.247 e. The fraction of sp³-hybridized carbons (Fsp3) is 0.312. The fourth-order valence-electron chi connectivity index (χ4n) is 1.92. The molecule has 0 bridgehead atoms. The highest BCUT2D eigenvalue weighted by molar-refractivity contribution is 14.1. The zero-order valence-electron chi connectivity index (χ0n) is 12.3. The molecule has 0 saturated heterocycles. The second-order valence-corrected chi connectivity index (χ2v) is 7.48. The molecule has 0 aromatic carbocycles. The van der Waals surface area contributed by atoms with Crippen LogP contribution in [0.25, 0.3) is 6.08 Å². The molecule has 0 aliphatic heterocycles. The smallest absolute Gasteiger partial charge is 0.247 e. The van der Waals surface area contributed by atoms with E-state index in [1.807, 2.05) is 30.9 Å². The molecule has 0 saturated carbocycles. The summed E-state index contributed by atoms with van der Waals surface area (Å²) in [6.07, 6.45) is 3.30. The number of hydrogen-bond acceptors (Lipinski definition) is 3. The van der Waals surface area contributed by atoms with Crippen molar-refractivity contribution in [2.24, 2.45) is 0 Å². The number of aryl methyl sites for hydroxylation is 1. The number of thiophene rings is 1. The average Bonchev–Trinajstić information content (AvgIpc) is 3.01. The molecule has 5 heteroatoms. The molecule has 2 aromatic rings. The standard InChI is InChI=1S/C16H18INO2S/c1-11(2)18(10-14-7-4-12(3)21-14)16(19)9-6-13-5-8-15(17)20-13/h4-9,11H,10H2,1-3H3/b9-6+. The Kier molecular flexibility index (Phi) is 5.64. The zero-order valence-corrected chi connectivity index (χ0v) is 15.3. The Labute approximate surface area is 142 Å². The van der Waals surface area contributed by atoms with E-state index in [0.717, 1.165) is 3.77 Å². The van der Waals surface area contributed by atoms with Crippen LogP contribution in [0.1, 0.15) is 29.4 Å². The summed E-state index contributed by atoms with van der Waals surface area (Å²) >= 11 is 3.84. The van der Waals surface area contributed by atoms with Crippen molar-refractivity contribution in [3.05, 3.63) is 49.6 Å². The molecule has 2 heterocycles. The molecule has 0 aliphatic carbocycles. The Morgan fingerprint density at radius 1 is 1.38 bits per heavy atom. The van der Waals surface area contributed by atoms with Gasteiger partial charge in [0.2, 0.25) is 5.91 Å². The van der Waals surface area contributed by atoms with Gasteiger partial charge in [0.15, 0.2) is 3.77 Å². The first kappa shape index (κ1) is 16.3. The van der Waals surface area contributed by atoms with Gasteiger partial charge in [0.25, 0.3) is 0 Å². The number of rotatable bonds is 5. The third kappa shape index (κ3) is 4.71. The van der Waals surface area contributed by atoms with Gasteiger partial charge in [-0.25, -0.2) is 0 Å². The molecule has 21 heavy (non-hydrogen) atoms. The first-order valence-corrected chi connectivity index (χ1v) is 8.64. The summed E-state index contributed by atoms with van der Waals surface area (Å²) in [6, 6.07) is 8.05. The molecule has 0 spiro atoms. The Bertz CT molecular complexity index is 642. The summed E-state index contributed by atoms with van der Waals surface area (Å²) < 4.78 is 6.24. The lowest BCUT2D eigenvalue weighted by Gasteiger charge is -2.24. The Hall–Kier alpha value is -1.08. The van der Waals surface area contributed by atoms with Crippen LogP contribution in [0.3, 0.4) is 0 Å². The molecule has 0 N–H and O–H groups in total. The van der Waals surface area contributed by atoms with Crippen LogP contribution in [0.5, 0.6) is 0 Å². The van der Waals surface area contributed by atoms with E-state index in [9.17, 15) is 4.79 Å². The summed E-state index contributed by atoms with van der Waals surface area (Å²) in [5, 5.41) is 0. The first-order chi connectivity index (χ1) is 9.95. The van der Waals surface area contributed by atoms with E-state index < -0.39 is 0 Å². The van der Waals surface area contributed by atoms with Crippen LogP contribution in [0.2, 0.25) is 0 Å². The molecule has 2 rings (SSSR count). The van der Waals surface area contributed by atoms with E-state index in [-0.39, 0.29) is 11.9 Å². The minimum atomic E-state index is 0.00228. The minimum Gasteiger partial charge on any atom is -0.451 e. The van der Waals surface area contributed by atoms with E-state index >= 15 is 0 Å². The normalized spacial score (nSPS) is 11.5. The van der Waals surface area contributed by atoms with Gasteiger partial charge in [-0.2, -0.15) is 0 Å². The second kappa shape index (κ2) is 7.26. The van der Waals surface area contributed by atoms with Crippen molar-refractivity contribution in [2.45, 2.75) is 33.4 Å². The summed E-state index contributed by atoms with van der Waals surface area (Å²) in [7, 11) is 0. The van der Waals surface area contributed by atoms with Crippen molar-refractivity contribution in [2.75, 3.05) is 0 Å². The van der Waals surface area contributed by atoms with Crippen LogP contribution in [-0.2, 0) is 11.3 Å². The second-order valence-electron chi connectivity index (χ2n) is 5.05. The molecule has 2 aromatic heterocycles. The third-order valence-electron chi connectivity index (χ3n) is 3.01. The summed E-state index contributed by atoms with van der Waals surface area (Å²) in [5.41, 5.74) is 0. The zero-order chi connectivity index (χ0) is 15.4. The highest BCUT2D eigenvalue weighted by Gasteiger charge is 2.15. The molecule has 0 atom stereocenters. The van der Waals surface area contributed by atoms with Crippen LogP contribution < -0.4 is 0 Å². The number of carbonyl (C=O) groups is 1. The predicted octanol–water partition coefficient (Wildman–Crippen LogP) is 4.70. The number of nitrogens with zero attached hydrogens (tertiary/aromatic N) is 1. The van der Waals surface area contributed by atoms with Crippen LogP contribution in [0, 0.1) is 10.7 Å². The van der Waals surface area contributed by atoms with Gasteiger partial charge in [-0.3, -0.25) is 4.79 Å². The molecular formula is C16H18INO2S. The van der Waals surface area contributed by atoms with Gasteiger partial charge in [0.05, 0.1) is 6.54 Å². The van der Waals surface area contributed by atoms with E-state index in [0.29, 0.717) is 12.3 Å². The summed E-state index contributed by atoms with van der Waals surface area (Å²) in [6.45, 7) is 6.78.